The summed E-state index contributed by atoms with van der Waals surface area (Å²) in [6.45, 7) is 0. The maximum Gasteiger partial charge on any atom is 0.416 e. The van der Waals surface area contributed by atoms with Crippen LogP contribution in [-0.4, -0.2) is 12.1 Å². The summed E-state index contributed by atoms with van der Waals surface area (Å²) in [5, 5.41) is 0. The van der Waals surface area contributed by atoms with E-state index in [1.165, 1.54) is 18.2 Å². The minimum absolute atomic E-state index is 0.0511. The van der Waals surface area contributed by atoms with E-state index in [-0.39, 0.29) is 5.69 Å². The maximum absolute atomic E-state index is 12.1. The summed E-state index contributed by atoms with van der Waals surface area (Å²) >= 11 is 0. The number of aliphatic imine (C=N–C) groups is 1. The number of nitrogens with two attached hydrogens (primary N) is 2. The van der Waals surface area contributed by atoms with Gasteiger partial charge in [-0.2, -0.15) is 18.2 Å². The largest absolute Gasteiger partial charge is 0.416 e. The number of primary amides is 2. The van der Waals surface area contributed by atoms with Crippen LogP contribution in [0.25, 0.3) is 0 Å². The molecular weight excluding hydrogens is 239 g/mol. The fourth-order valence-electron chi connectivity index (χ4n) is 0.804. The summed E-state index contributed by atoms with van der Waals surface area (Å²) in [7, 11) is 0. The van der Waals surface area contributed by atoms with Gasteiger partial charge in [0.15, 0.2) is 0 Å². The first-order valence-corrected chi connectivity index (χ1v) is 4.07. The molecule has 0 aromatic heterocycles. The van der Waals surface area contributed by atoms with Crippen LogP contribution >= 0.6 is 0 Å². The van der Waals surface area contributed by atoms with Crippen LogP contribution in [0.15, 0.2) is 29.3 Å². The van der Waals surface area contributed by atoms with Gasteiger partial charge in [0.05, 0.1) is 11.3 Å². The smallest absolute Gasteiger partial charge is 0.352 e. The van der Waals surface area contributed by atoms with Crippen LogP contribution in [0, 0.1) is 0 Å². The van der Waals surface area contributed by atoms with E-state index in [1.54, 1.807) is 0 Å². The number of halogens is 3. The van der Waals surface area contributed by atoms with Crippen LogP contribution in [-0.2, 0) is 11.0 Å². The normalized spacial score (nSPS) is 9.59. The zero-order chi connectivity index (χ0) is 13.5. The average molecular weight is 247 g/mol. The molecule has 0 aliphatic heterocycles. The molecule has 0 atom stereocenters. The van der Waals surface area contributed by atoms with E-state index in [2.05, 4.69) is 16.5 Å². The summed E-state index contributed by atoms with van der Waals surface area (Å²) < 4.78 is 36.2. The molecular formula is C9H8F3N3O2. The quantitative estimate of drug-likeness (QED) is 0.583. The van der Waals surface area contributed by atoms with Crippen LogP contribution in [0.3, 0.4) is 0 Å². The van der Waals surface area contributed by atoms with Gasteiger partial charge in [-0.05, 0) is 18.2 Å². The van der Waals surface area contributed by atoms with E-state index < -0.39 is 17.8 Å². The number of hydrogen-bond donors (Lipinski definition) is 2. The Hall–Kier alpha value is -2.34. The van der Waals surface area contributed by atoms with Crippen LogP contribution in [0.2, 0.25) is 0 Å². The molecule has 0 unspecified atom stereocenters. The van der Waals surface area contributed by atoms with Crippen LogP contribution in [0.4, 0.5) is 23.7 Å². The van der Waals surface area contributed by atoms with Crippen LogP contribution in [0.5, 0.6) is 0 Å². The van der Waals surface area contributed by atoms with E-state index in [4.69, 9.17) is 4.79 Å². The number of benzene rings is 1. The Morgan fingerprint density at radius 3 is 2.24 bits per heavy atom. The van der Waals surface area contributed by atoms with Gasteiger partial charge in [-0.25, -0.2) is 9.59 Å². The number of rotatable bonds is 1. The molecule has 0 saturated carbocycles. The molecule has 0 bridgehead atoms. The van der Waals surface area contributed by atoms with Gasteiger partial charge in [-0.1, -0.05) is 6.07 Å². The Balaban J connectivity index is 0.000000557. The van der Waals surface area contributed by atoms with E-state index >= 15 is 0 Å². The predicted molar refractivity (Wildman–Crippen MR) is 53.0 cm³/mol. The number of isocyanates is 1. The first kappa shape index (κ1) is 14.7. The first-order chi connectivity index (χ1) is 7.77. The molecule has 92 valence electrons. The van der Waals surface area contributed by atoms with Crippen molar-refractivity contribution < 1.29 is 22.8 Å². The third kappa shape index (κ3) is 6.69. The summed E-state index contributed by atoms with van der Waals surface area (Å²) in [5.74, 6) is 0. The molecule has 1 rings (SSSR count). The highest BCUT2D eigenvalue weighted by Crippen LogP contribution is 2.31. The fourth-order valence-corrected chi connectivity index (χ4v) is 0.804. The second-order valence-corrected chi connectivity index (χ2v) is 2.65. The Labute approximate surface area is 93.9 Å². The third-order valence-corrected chi connectivity index (χ3v) is 1.35. The molecule has 0 aliphatic carbocycles. The van der Waals surface area contributed by atoms with Gasteiger partial charge < -0.3 is 11.5 Å². The van der Waals surface area contributed by atoms with Crippen molar-refractivity contribution in [3.63, 3.8) is 0 Å². The second-order valence-electron chi connectivity index (χ2n) is 2.65. The minimum atomic E-state index is -4.41. The van der Waals surface area contributed by atoms with Crippen molar-refractivity contribution in [2.75, 3.05) is 0 Å². The lowest BCUT2D eigenvalue weighted by molar-refractivity contribution is -0.137. The molecule has 0 spiro atoms. The first-order valence-electron chi connectivity index (χ1n) is 4.07. The molecule has 17 heavy (non-hydrogen) atoms. The van der Waals surface area contributed by atoms with Crippen LogP contribution in [0.1, 0.15) is 5.56 Å². The van der Waals surface area contributed by atoms with Gasteiger partial charge in [0.25, 0.3) is 0 Å². The molecule has 1 aromatic rings. The Kier molecular flexibility index (Phi) is 5.42. The summed E-state index contributed by atoms with van der Waals surface area (Å²) in [5.41, 5.74) is 7.62. The number of amides is 2. The highest BCUT2D eigenvalue weighted by atomic mass is 19.4. The molecule has 0 aliphatic rings. The Morgan fingerprint density at radius 1 is 1.29 bits per heavy atom. The number of hydrogen-bond acceptors (Lipinski definition) is 3. The number of urea groups is 1. The predicted octanol–water partition coefficient (Wildman–Crippen LogP) is 1.70. The van der Waals surface area contributed by atoms with Crippen molar-refractivity contribution >= 4 is 17.8 Å². The van der Waals surface area contributed by atoms with Gasteiger partial charge in [0, 0.05) is 0 Å². The van der Waals surface area contributed by atoms with E-state index in [0.29, 0.717) is 0 Å². The summed E-state index contributed by atoms with van der Waals surface area (Å²) in [6, 6.07) is 3.33. The molecule has 2 amide bonds. The average Bonchev–Trinajstić information content (AvgIpc) is 2.16. The highest BCUT2D eigenvalue weighted by Gasteiger charge is 2.30. The van der Waals surface area contributed by atoms with Crippen molar-refractivity contribution in [2.24, 2.45) is 16.5 Å². The van der Waals surface area contributed by atoms with E-state index in [1.807, 2.05) is 0 Å². The second kappa shape index (κ2) is 6.29. The third-order valence-electron chi connectivity index (χ3n) is 1.35. The molecule has 0 heterocycles. The summed E-state index contributed by atoms with van der Waals surface area (Å²) in [6.07, 6.45) is -3.24. The number of alkyl halides is 3. The highest BCUT2D eigenvalue weighted by molar-refractivity contribution is 5.69. The number of nitrogens with zero attached hydrogens (tertiary/aromatic N) is 1. The van der Waals surface area contributed by atoms with Crippen molar-refractivity contribution in [1.29, 1.82) is 0 Å². The molecule has 0 saturated heterocycles. The molecule has 1 aromatic carbocycles. The lowest BCUT2D eigenvalue weighted by atomic mass is 10.2. The lowest BCUT2D eigenvalue weighted by Gasteiger charge is -2.05. The topological polar surface area (TPSA) is 98.5 Å². The summed E-state index contributed by atoms with van der Waals surface area (Å²) in [4.78, 5) is 21.8. The monoisotopic (exact) mass is 247 g/mol. The number of carbonyl (C=O) groups is 1. The van der Waals surface area contributed by atoms with Gasteiger partial charge in [0.1, 0.15) is 0 Å². The molecule has 8 heteroatoms. The molecule has 5 nitrogen and oxygen atoms in total. The van der Waals surface area contributed by atoms with Crippen molar-refractivity contribution in [1.82, 2.24) is 0 Å². The Morgan fingerprint density at radius 2 is 1.82 bits per heavy atom. The van der Waals surface area contributed by atoms with Crippen molar-refractivity contribution in [2.45, 2.75) is 6.18 Å². The SMILES string of the molecule is NC(N)=O.O=C=Nc1cccc(C(F)(F)F)c1. The molecule has 4 N–H and O–H groups in total. The fraction of sp³-hybridized carbons (Fsp3) is 0.111. The molecule has 0 fully saturated rings. The minimum Gasteiger partial charge on any atom is -0.352 e. The zero-order valence-electron chi connectivity index (χ0n) is 8.36. The lowest BCUT2D eigenvalue weighted by Crippen LogP contribution is -2.18. The Bertz CT molecular complexity index is 435. The standard InChI is InChI=1S/C8H4F3NO.CH4N2O/c9-8(10,11)6-2-1-3-7(4-6)12-5-13;2-1(3)4/h1-4H;(H4,2,3,4). The van der Waals surface area contributed by atoms with Crippen molar-refractivity contribution in [3.8, 4) is 0 Å². The zero-order valence-corrected chi connectivity index (χ0v) is 8.36. The van der Waals surface area contributed by atoms with Gasteiger partial charge >= 0.3 is 12.2 Å². The van der Waals surface area contributed by atoms with Gasteiger partial charge in [0.2, 0.25) is 6.08 Å². The van der Waals surface area contributed by atoms with Crippen molar-refractivity contribution in [3.05, 3.63) is 29.8 Å². The molecule has 0 radical (unpaired) electrons. The number of carbonyl (C=O) groups excluding carboxylic acids is 2. The van der Waals surface area contributed by atoms with Gasteiger partial charge in [-0.15, -0.1) is 0 Å². The van der Waals surface area contributed by atoms with Gasteiger partial charge in [-0.3, -0.25) is 0 Å². The maximum atomic E-state index is 12.1. The van der Waals surface area contributed by atoms with Crippen LogP contribution < -0.4 is 11.5 Å². The van der Waals surface area contributed by atoms with E-state index in [9.17, 15) is 18.0 Å². The van der Waals surface area contributed by atoms with E-state index in [0.717, 1.165) is 12.1 Å².